The van der Waals surface area contributed by atoms with Gasteiger partial charge in [-0.3, -0.25) is 4.79 Å². The summed E-state index contributed by atoms with van der Waals surface area (Å²) >= 11 is 5.87. The van der Waals surface area contributed by atoms with Crippen LogP contribution in [0.25, 0.3) is 0 Å². The van der Waals surface area contributed by atoms with Crippen LogP contribution >= 0.6 is 11.6 Å². The zero-order valence-corrected chi connectivity index (χ0v) is 20.4. The number of hydrogen-bond acceptors (Lipinski definition) is 4. The normalized spacial score (nSPS) is 17.7. The Labute approximate surface area is 196 Å². The molecule has 1 aliphatic heterocycles. The van der Waals surface area contributed by atoms with Gasteiger partial charge in [0.15, 0.2) is 0 Å². The van der Waals surface area contributed by atoms with E-state index in [2.05, 4.69) is 26.1 Å². The number of ether oxygens (including phenoxy) is 1. The first-order chi connectivity index (χ1) is 15.1. The van der Waals surface area contributed by atoms with Crippen molar-refractivity contribution in [1.29, 1.82) is 0 Å². The summed E-state index contributed by atoms with van der Waals surface area (Å²) in [5.74, 6) is 0.231. The molecular formula is C24H31ClN2O4S. The van der Waals surface area contributed by atoms with Crippen LogP contribution < -0.4 is 10.1 Å². The van der Waals surface area contributed by atoms with E-state index in [0.717, 1.165) is 5.75 Å². The summed E-state index contributed by atoms with van der Waals surface area (Å²) < 4.78 is 32.9. The number of carbonyl (C=O) groups is 1. The SMILES string of the molecule is CC(C)(C)c1ccc(OCCNC(=O)[C@H]2CCCN(S(=O)(=O)c3ccc(Cl)cc3)C2)cc1. The van der Waals surface area contributed by atoms with Crippen molar-refractivity contribution in [1.82, 2.24) is 9.62 Å². The summed E-state index contributed by atoms with van der Waals surface area (Å²) in [4.78, 5) is 12.8. The van der Waals surface area contributed by atoms with Gasteiger partial charge in [-0.25, -0.2) is 8.42 Å². The highest BCUT2D eigenvalue weighted by Gasteiger charge is 2.33. The smallest absolute Gasteiger partial charge is 0.243 e. The van der Waals surface area contributed by atoms with E-state index in [1.165, 1.54) is 22.0 Å². The van der Waals surface area contributed by atoms with Crippen LogP contribution in [-0.4, -0.2) is 44.9 Å². The van der Waals surface area contributed by atoms with Crippen LogP contribution in [0.3, 0.4) is 0 Å². The maximum atomic E-state index is 12.9. The lowest BCUT2D eigenvalue weighted by Crippen LogP contribution is -2.45. The van der Waals surface area contributed by atoms with Crippen molar-refractivity contribution < 1.29 is 17.9 Å². The van der Waals surface area contributed by atoms with Crippen LogP contribution in [0.1, 0.15) is 39.2 Å². The van der Waals surface area contributed by atoms with E-state index in [4.69, 9.17) is 16.3 Å². The predicted molar refractivity (Wildman–Crippen MR) is 127 cm³/mol. The lowest BCUT2D eigenvalue weighted by Gasteiger charge is -2.31. The second-order valence-electron chi connectivity index (χ2n) is 9.07. The highest BCUT2D eigenvalue weighted by atomic mass is 35.5. The number of sulfonamides is 1. The highest BCUT2D eigenvalue weighted by Crippen LogP contribution is 2.25. The zero-order valence-electron chi connectivity index (χ0n) is 18.8. The number of piperidine rings is 1. The van der Waals surface area contributed by atoms with Crippen molar-refractivity contribution in [2.24, 2.45) is 5.92 Å². The lowest BCUT2D eigenvalue weighted by molar-refractivity contribution is -0.126. The number of carbonyl (C=O) groups excluding carboxylic acids is 1. The van der Waals surface area contributed by atoms with Gasteiger partial charge < -0.3 is 10.1 Å². The summed E-state index contributed by atoms with van der Waals surface area (Å²) in [7, 11) is -3.65. The molecule has 2 aromatic carbocycles. The fourth-order valence-electron chi connectivity index (χ4n) is 3.67. The van der Waals surface area contributed by atoms with Crippen LogP contribution in [0.4, 0.5) is 0 Å². The van der Waals surface area contributed by atoms with Crippen LogP contribution in [0.2, 0.25) is 5.02 Å². The van der Waals surface area contributed by atoms with Crippen molar-refractivity contribution in [3.8, 4) is 5.75 Å². The molecule has 8 heteroatoms. The molecule has 32 heavy (non-hydrogen) atoms. The van der Waals surface area contributed by atoms with Gasteiger partial charge in [0, 0.05) is 18.1 Å². The first kappa shape index (κ1) is 24.6. The van der Waals surface area contributed by atoms with Crippen molar-refractivity contribution in [2.75, 3.05) is 26.2 Å². The summed E-state index contributed by atoms with van der Waals surface area (Å²) in [5, 5.41) is 3.35. The Morgan fingerprint density at radius 1 is 1.12 bits per heavy atom. The molecule has 0 unspecified atom stereocenters. The van der Waals surface area contributed by atoms with E-state index >= 15 is 0 Å². The molecule has 1 aliphatic rings. The fourth-order valence-corrected chi connectivity index (χ4v) is 5.32. The lowest BCUT2D eigenvalue weighted by atomic mass is 9.87. The van der Waals surface area contributed by atoms with Gasteiger partial charge in [0.1, 0.15) is 12.4 Å². The number of benzene rings is 2. The Balaban J connectivity index is 1.48. The number of amides is 1. The number of hydrogen-bond donors (Lipinski definition) is 1. The molecule has 1 N–H and O–H groups in total. The third-order valence-corrected chi connectivity index (χ3v) is 7.73. The van der Waals surface area contributed by atoms with Crippen LogP contribution in [0.5, 0.6) is 5.75 Å². The third-order valence-electron chi connectivity index (χ3n) is 5.60. The van der Waals surface area contributed by atoms with E-state index < -0.39 is 10.0 Å². The fraction of sp³-hybridized carbons (Fsp3) is 0.458. The minimum absolute atomic E-state index is 0.0847. The topological polar surface area (TPSA) is 75.7 Å². The Morgan fingerprint density at radius 2 is 1.78 bits per heavy atom. The summed E-state index contributed by atoms with van der Waals surface area (Å²) in [6.45, 7) is 7.76. The van der Waals surface area contributed by atoms with Crippen LogP contribution in [0.15, 0.2) is 53.4 Å². The van der Waals surface area contributed by atoms with Crippen molar-refractivity contribution in [2.45, 2.75) is 43.9 Å². The van der Waals surface area contributed by atoms with Crippen molar-refractivity contribution >= 4 is 27.5 Å². The van der Waals surface area contributed by atoms with Gasteiger partial charge in [-0.2, -0.15) is 4.31 Å². The standard InChI is InChI=1S/C24H31ClN2O4S/c1-24(2,3)19-6-10-21(11-7-19)31-16-14-26-23(28)18-5-4-15-27(17-18)32(29,30)22-12-8-20(25)9-13-22/h6-13,18H,4-5,14-17H2,1-3H3,(H,26,28)/t18-/m0/s1. The van der Waals surface area contributed by atoms with Crippen molar-refractivity contribution in [3.63, 3.8) is 0 Å². The number of nitrogens with zero attached hydrogens (tertiary/aromatic N) is 1. The van der Waals surface area contributed by atoms with Crippen LogP contribution in [0, 0.1) is 5.92 Å². The summed E-state index contributed by atoms with van der Waals surface area (Å²) in [6, 6.07) is 14.1. The van der Waals surface area contributed by atoms with Gasteiger partial charge in [0.25, 0.3) is 0 Å². The number of nitrogens with one attached hydrogen (secondary N) is 1. The summed E-state index contributed by atoms with van der Waals surface area (Å²) in [6.07, 6.45) is 1.30. The molecule has 6 nitrogen and oxygen atoms in total. The monoisotopic (exact) mass is 478 g/mol. The minimum Gasteiger partial charge on any atom is -0.492 e. The van der Waals surface area contributed by atoms with E-state index in [9.17, 15) is 13.2 Å². The zero-order chi connectivity index (χ0) is 23.4. The molecular weight excluding hydrogens is 448 g/mol. The average molecular weight is 479 g/mol. The highest BCUT2D eigenvalue weighted by molar-refractivity contribution is 7.89. The molecule has 2 aromatic rings. The number of halogens is 1. The van der Waals surface area contributed by atoms with Gasteiger partial charge in [0.2, 0.25) is 15.9 Å². The van der Waals surface area contributed by atoms with Crippen molar-refractivity contribution in [3.05, 3.63) is 59.1 Å². The first-order valence-corrected chi connectivity index (χ1v) is 12.7. The van der Waals surface area contributed by atoms with E-state index in [1.54, 1.807) is 12.1 Å². The molecule has 0 aliphatic carbocycles. The molecule has 3 rings (SSSR count). The second-order valence-corrected chi connectivity index (χ2v) is 11.4. The average Bonchev–Trinajstić information content (AvgIpc) is 2.76. The maximum absolute atomic E-state index is 12.9. The Hall–Kier alpha value is -2.09. The second kappa shape index (κ2) is 10.2. The van der Waals surface area contributed by atoms with Gasteiger partial charge in [-0.1, -0.05) is 44.5 Å². The molecule has 1 amide bonds. The largest absolute Gasteiger partial charge is 0.492 e. The molecule has 1 heterocycles. The van der Waals surface area contributed by atoms with E-state index in [0.29, 0.717) is 37.6 Å². The molecule has 174 valence electrons. The molecule has 1 fully saturated rings. The molecule has 0 spiro atoms. The van der Waals surface area contributed by atoms with Gasteiger partial charge in [0.05, 0.1) is 17.4 Å². The molecule has 1 saturated heterocycles. The molecule has 0 bridgehead atoms. The quantitative estimate of drug-likeness (QED) is 0.604. The Morgan fingerprint density at radius 3 is 2.41 bits per heavy atom. The molecule has 1 atom stereocenters. The van der Waals surface area contributed by atoms with E-state index in [1.807, 2.05) is 24.3 Å². The van der Waals surface area contributed by atoms with Gasteiger partial charge >= 0.3 is 0 Å². The summed E-state index contributed by atoms with van der Waals surface area (Å²) in [5.41, 5.74) is 1.31. The van der Waals surface area contributed by atoms with E-state index in [-0.39, 0.29) is 28.7 Å². The maximum Gasteiger partial charge on any atom is 0.243 e. The third kappa shape index (κ3) is 6.24. The first-order valence-electron chi connectivity index (χ1n) is 10.8. The molecule has 0 radical (unpaired) electrons. The van der Waals surface area contributed by atoms with Crippen LogP contribution in [-0.2, 0) is 20.2 Å². The van der Waals surface area contributed by atoms with Gasteiger partial charge in [-0.15, -0.1) is 0 Å². The number of rotatable bonds is 7. The molecule has 0 aromatic heterocycles. The van der Waals surface area contributed by atoms with Gasteiger partial charge in [-0.05, 0) is 60.2 Å². The minimum atomic E-state index is -3.65. The molecule has 0 saturated carbocycles. The Kier molecular flexibility index (Phi) is 7.85. The Bertz CT molecular complexity index is 1020. The predicted octanol–water partition coefficient (Wildman–Crippen LogP) is 4.23.